The van der Waals surface area contributed by atoms with E-state index in [2.05, 4.69) is 4.98 Å². The monoisotopic (exact) mass is 422 g/mol. The lowest BCUT2D eigenvalue weighted by Crippen LogP contribution is -2.47. The Balaban J connectivity index is 1.57. The van der Waals surface area contributed by atoms with Gasteiger partial charge in [-0.05, 0) is 23.3 Å². The van der Waals surface area contributed by atoms with Crippen LogP contribution in [0.15, 0.2) is 70.8 Å². The highest BCUT2D eigenvalue weighted by Gasteiger charge is 2.46. The molecule has 1 amide bonds. The molecule has 1 aromatic carbocycles. The lowest BCUT2D eigenvalue weighted by molar-refractivity contribution is -0.146. The maximum atomic E-state index is 15.9. The predicted octanol–water partition coefficient (Wildman–Crippen LogP) is 1.08. The quantitative estimate of drug-likeness (QED) is 0.729. The van der Waals surface area contributed by atoms with Crippen LogP contribution in [0.25, 0.3) is 0 Å². The number of aliphatic hydroxyl groups excluding tert-OH is 1. The lowest BCUT2D eigenvalue weighted by Gasteiger charge is -2.29. The highest BCUT2D eigenvalue weighted by atomic mass is 32.2. The van der Waals surface area contributed by atoms with Crippen molar-refractivity contribution >= 4 is 15.9 Å². The van der Waals surface area contributed by atoms with Crippen LogP contribution in [0.1, 0.15) is 12.4 Å². The van der Waals surface area contributed by atoms with E-state index in [1.807, 2.05) is 0 Å². The van der Waals surface area contributed by atoms with E-state index >= 15 is 4.39 Å². The molecule has 2 aliphatic rings. The summed E-state index contributed by atoms with van der Waals surface area (Å²) < 4.78 is 81.8. The third-order valence-electron chi connectivity index (χ3n) is 4.98. The van der Waals surface area contributed by atoms with Gasteiger partial charge in [-0.2, -0.15) is 4.31 Å². The molecule has 0 radical (unpaired) electrons. The Kier molecular flexibility index (Phi) is 3.63. The molecule has 9 heteroatoms. The summed E-state index contributed by atoms with van der Waals surface area (Å²) in [5.41, 5.74) is -3.02. The average Bonchev–Trinajstić information content (AvgIpc) is 3.41. The van der Waals surface area contributed by atoms with Crippen LogP contribution in [-0.2, 0) is 20.5 Å². The van der Waals surface area contributed by atoms with Crippen molar-refractivity contribution in [3.8, 4) is 0 Å². The number of rotatable bonds is 5. The van der Waals surface area contributed by atoms with Crippen molar-refractivity contribution < 1.29 is 29.6 Å². The van der Waals surface area contributed by atoms with Gasteiger partial charge in [0.1, 0.15) is 0 Å². The van der Waals surface area contributed by atoms with Crippen molar-refractivity contribution in [2.75, 3.05) is 32.8 Å². The van der Waals surface area contributed by atoms with Gasteiger partial charge in [0, 0.05) is 37.9 Å². The zero-order valence-corrected chi connectivity index (χ0v) is 16.0. The van der Waals surface area contributed by atoms with E-state index < -0.39 is 64.0 Å². The van der Waals surface area contributed by atoms with Crippen molar-refractivity contribution in [2.45, 2.75) is 10.7 Å². The summed E-state index contributed by atoms with van der Waals surface area (Å²) in [7, 11) is -3.87. The number of aromatic nitrogens is 1. The first-order chi connectivity index (χ1) is 15.9. The van der Waals surface area contributed by atoms with Crippen molar-refractivity contribution in [3.63, 3.8) is 0 Å². The highest BCUT2D eigenvalue weighted by molar-refractivity contribution is 7.89. The third-order valence-corrected chi connectivity index (χ3v) is 6.69. The number of sulfonamides is 1. The van der Waals surface area contributed by atoms with Gasteiger partial charge < -0.3 is 10.0 Å². The molecule has 29 heavy (non-hydrogen) atoms. The SMILES string of the molecule is [2H]c1c([2H])c([2H])c([C@@](F)(CO)C(=O)N2CC3=C(C2)CN(S(=O)(=O)c2ccccn2)C3)c([2H])c1[2H]. The number of hydrogen-bond acceptors (Lipinski definition) is 5. The molecular weight excluding hydrogens is 397 g/mol. The summed E-state index contributed by atoms with van der Waals surface area (Å²) in [5.74, 6) is -1.26. The number of halogens is 1. The molecule has 0 saturated heterocycles. The van der Waals surface area contributed by atoms with E-state index in [9.17, 15) is 18.3 Å². The standard InChI is InChI=1S/C20H20FN3O4S/c21-20(14-25,17-6-2-1-3-7-17)19(26)23-10-15-12-24(13-16(15)11-23)29(27,28)18-8-4-5-9-22-18/h1-9,25H,10-14H2/t20-/m0/s1/i1D,2D,3D,6D,7D. The molecule has 1 atom stereocenters. The van der Waals surface area contributed by atoms with E-state index in [4.69, 9.17) is 6.85 Å². The Bertz CT molecular complexity index is 1280. The van der Waals surface area contributed by atoms with Gasteiger partial charge in [-0.15, -0.1) is 0 Å². The lowest BCUT2D eigenvalue weighted by atomic mass is 9.95. The first-order valence-corrected chi connectivity index (χ1v) is 10.1. The zero-order valence-electron chi connectivity index (χ0n) is 20.1. The number of carbonyl (C=O) groups excluding carboxylic acids is 1. The number of pyridine rings is 1. The number of hydrogen-bond donors (Lipinski definition) is 1. The smallest absolute Gasteiger partial charge is 0.267 e. The molecule has 0 bridgehead atoms. The van der Waals surface area contributed by atoms with E-state index in [0.29, 0.717) is 11.1 Å². The fourth-order valence-electron chi connectivity index (χ4n) is 3.44. The second kappa shape index (κ2) is 7.33. The summed E-state index contributed by atoms with van der Waals surface area (Å²) in [6, 6.07) is 0.284. The number of amides is 1. The molecule has 2 aromatic rings. The fraction of sp³-hybridized carbons (Fsp3) is 0.300. The molecule has 3 heterocycles. The number of aliphatic hydroxyl groups is 1. The van der Waals surface area contributed by atoms with Gasteiger partial charge in [0.25, 0.3) is 15.9 Å². The first-order valence-electron chi connectivity index (χ1n) is 11.2. The van der Waals surface area contributed by atoms with Crippen molar-refractivity contribution in [3.05, 3.63) is 71.3 Å². The molecule has 0 aliphatic carbocycles. The molecule has 4 rings (SSSR count). The fourth-order valence-corrected chi connectivity index (χ4v) is 4.80. The minimum absolute atomic E-state index is 0.0227. The van der Waals surface area contributed by atoms with Crippen molar-refractivity contribution in [1.29, 1.82) is 0 Å². The van der Waals surface area contributed by atoms with Gasteiger partial charge in [-0.3, -0.25) is 4.79 Å². The number of carbonyl (C=O) groups is 1. The Labute approximate surface area is 175 Å². The molecule has 7 nitrogen and oxygen atoms in total. The van der Waals surface area contributed by atoms with Crippen LogP contribution in [0.3, 0.4) is 0 Å². The van der Waals surface area contributed by atoms with Crippen LogP contribution in [0.4, 0.5) is 4.39 Å². The number of benzene rings is 1. The first kappa shape index (κ1) is 14.4. The molecule has 0 saturated carbocycles. The Morgan fingerprint density at radius 3 is 2.38 bits per heavy atom. The largest absolute Gasteiger partial charge is 0.392 e. The van der Waals surface area contributed by atoms with Gasteiger partial charge >= 0.3 is 0 Å². The van der Waals surface area contributed by atoms with Crippen molar-refractivity contribution in [1.82, 2.24) is 14.2 Å². The highest BCUT2D eigenvalue weighted by Crippen LogP contribution is 2.34. The number of nitrogens with zero attached hydrogens (tertiary/aromatic N) is 3. The summed E-state index contributed by atoms with van der Waals surface area (Å²) in [6.45, 7) is -1.71. The summed E-state index contributed by atoms with van der Waals surface area (Å²) >= 11 is 0. The van der Waals surface area contributed by atoms with Crippen LogP contribution < -0.4 is 0 Å². The van der Waals surface area contributed by atoms with E-state index in [1.165, 1.54) is 16.6 Å². The van der Waals surface area contributed by atoms with E-state index in [1.54, 1.807) is 12.1 Å². The average molecular weight is 422 g/mol. The van der Waals surface area contributed by atoms with Crippen LogP contribution in [-0.4, -0.2) is 66.4 Å². The molecule has 2 aliphatic heterocycles. The molecule has 1 aromatic heterocycles. The van der Waals surface area contributed by atoms with Crippen LogP contribution in [0.2, 0.25) is 0 Å². The molecular formula is C20H20FN3O4S. The van der Waals surface area contributed by atoms with E-state index in [0.717, 1.165) is 4.90 Å². The molecule has 152 valence electrons. The van der Waals surface area contributed by atoms with Gasteiger partial charge in [0.05, 0.1) is 13.5 Å². The second-order valence-corrected chi connectivity index (χ2v) is 8.65. The second-order valence-electron chi connectivity index (χ2n) is 6.77. The normalized spacial score (nSPS) is 21.7. The number of alkyl halides is 1. The Morgan fingerprint density at radius 2 is 1.83 bits per heavy atom. The Hall–Kier alpha value is -2.62. The van der Waals surface area contributed by atoms with Crippen molar-refractivity contribution in [2.24, 2.45) is 0 Å². The molecule has 0 spiro atoms. The van der Waals surface area contributed by atoms with Crippen LogP contribution in [0, 0.1) is 0 Å². The maximum absolute atomic E-state index is 15.9. The minimum Gasteiger partial charge on any atom is -0.392 e. The van der Waals surface area contributed by atoms with Crippen LogP contribution in [0.5, 0.6) is 0 Å². The van der Waals surface area contributed by atoms with Gasteiger partial charge in [0.15, 0.2) is 5.03 Å². The molecule has 0 fully saturated rings. The summed E-state index contributed by atoms with van der Waals surface area (Å²) in [4.78, 5) is 18.1. The van der Waals surface area contributed by atoms with Gasteiger partial charge in [-0.25, -0.2) is 17.8 Å². The Morgan fingerprint density at radius 1 is 1.17 bits per heavy atom. The third kappa shape index (κ3) is 3.35. The summed E-state index contributed by atoms with van der Waals surface area (Å²) in [6.07, 6.45) is 1.36. The summed E-state index contributed by atoms with van der Waals surface area (Å²) in [5, 5.41) is 9.66. The van der Waals surface area contributed by atoms with Gasteiger partial charge in [0.2, 0.25) is 5.67 Å². The van der Waals surface area contributed by atoms with E-state index in [-0.39, 0.29) is 31.2 Å². The minimum atomic E-state index is -3.87. The zero-order chi connectivity index (χ0) is 25.0. The maximum Gasteiger partial charge on any atom is 0.267 e. The van der Waals surface area contributed by atoms with Crippen LogP contribution >= 0.6 is 0 Å². The molecule has 0 unspecified atom stereocenters. The topological polar surface area (TPSA) is 90.8 Å². The molecule has 1 N–H and O–H groups in total. The predicted molar refractivity (Wildman–Crippen MR) is 103 cm³/mol. The van der Waals surface area contributed by atoms with Gasteiger partial charge in [-0.1, -0.05) is 36.3 Å².